The minimum atomic E-state index is -1.34. The lowest BCUT2D eigenvalue weighted by Crippen LogP contribution is -2.37. The van der Waals surface area contributed by atoms with Gasteiger partial charge in [-0.2, -0.15) is 5.10 Å². The van der Waals surface area contributed by atoms with Gasteiger partial charge < -0.3 is 20.1 Å². The lowest BCUT2D eigenvalue weighted by Gasteiger charge is -2.14. The molecule has 2 atom stereocenters. The van der Waals surface area contributed by atoms with E-state index in [4.69, 9.17) is 28.3 Å². The van der Waals surface area contributed by atoms with Crippen molar-refractivity contribution in [3.8, 4) is 22.5 Å². The van der Waals surface area contributed by atoms with Gasteiger partial charge in [0.05, 0.1) is 23.5 Å². The normalized spacial score (nSPS) is 12.8. The Morgan fingerprint density at radius 3 is 2.63 bits per heavy atom. The number of nitrogens with zero attached hydrogens (tertiary/aromatic N) is 4. The Morgan fingerprint density at radius 2 is 1.97 bits per heavy atom. The standard InChI is InChI=1S/C22H27Cl2N7O3S/c1-12(2)31-11-16(17-6-7-25-21(28-17)26-10-13(3)27-22(32)34-4)20(29-31)15-8-14(23)9-18(19(15)24)30-35(5)33/h6-9,11-13,30H,10H2,1-5H3,(H,27,32)(H,25,26,28)/t13-,35?/m0/s1. The molecule has 0 aliphatic carbocycles. The Balaban J connectivity index is 2.01. The summed E-state index contributed by atoms with van der Waals surface area (Å²) in [7, 11) is -0.0296. The van der Waals surface area contributed by atoms with Crippen LogP contribution in [-0.2, 0) is 15.7 Å². The number of aromatic nitrogens is 4. The molecular formula is C22H27Cl2N7O3S. The molecule has 188 valence electrons. The molecule has 0 aliphatic heterocycles. The van der Waals surface area contributed by atoms with Crippen molar-refractivity contribution in [1.82, 2.24) is 25.1 Å². The zero-order chi connectivity index (χ0) is 25.7. The van der Waals surface area contributed by atoms with Crippen LogP contribution in [0.25, 0.3) is 22.5 Å². The van der Waals surface area contributed by atoms with E-state index in [1.165, 1.54) is 13.4 Å². The molecule has 2 aromatic heterocycles. The van der Waals surface area contributed by atoms with Crippen molar-refractivity contribution in [3.63, 3.8) is 0 Å². The van der Waals surface area contributed by atoms with E-state index < -0.39 is 17.1 Å². The second kappa shape index (κ2) is 11.7. The predicted octanol–water partition coefficient (Wildman–Crippen LogP) is 4.76. The largest absolute Gasteiger partial charge is 0.453 e. The first-order valence-electron chi connectivity index (χ1n) is 10.7. The summed E-state index contributed by atoms with van der Waals surface area (Å²) in [4.78, 5) is 20.3. The number of methoxy groups -OCH3 is 1. The van der Waals surface area contributed by atoms with Crippen LogP contribution < -0.4 is 15.4 Å². The molecular weight excluding hydrogens is 513 g/mol. The van der Waals surface area contributed by atoms with E-state index in [1.54, 1.807) is 24.4 Å². The van der Waals surface area contributed by atoms with Crippen LogP contribution in [0, 0.1) is 0 Å². The molecule has 3 rings (SSSR count). The molecule has 1 aromatic carbocycles. The Morgan fingerprint density at radius 1 is 1.23 bits per heavy atom. The molecule has 35 heavy (non-hydrogen) atoms. The smallest absolute Gasteiger partial charge is 0.407 e. The molecule has 0 aliphatic rings. The highest BCUT2D eigenvalue weighted by atomic mass is 35.5. The monoisotopic (exact) mass is 539 g/mol. The Labute approximate surface area is 216 Å². The lowest BCUT2D eigenvalue weighted by molar-refractivity contribution is 0.168. The van der Waals surface area contributed by atoms with Crippen LogP contribution in [-0.4, -0.2) is 56.0 Å². The Kier molecular flexibility index (Phi) is 8.92. The summed E-state index contributed by atoms with van der Waals surface area (Å²) in [5.41, 5.74) is 2.92. The van der Waals surface area contributed by atoms with E-state index in [0.29, 0.717) is 45.2 Å². The van der Waals surface area contributed by atoms with Crippen molar-refractivity contribution in [3.05, 3.63) is 40.6 Å². The van der Waals surface area contributed by atoms with E-state index in [9.17, 15) is 9.00 Å². The number of amides is 1. The maximum atomic E-state index is 11.8. The van der Waals surface area contributed by atoms with Gasteiger partial charge in [0.2, 0.25) is 5.95 Å². The molecule has 2 heterocycles. The molecule has 3 aromatic rings. The van der Waals surface area contributed by atoms with Crippen molar-refractivity contribution < 1.29 is 13.7 Å². The average molecular weight is 540 g/mol. The quantitative estimate of drug-likeness (QED) is 0.358. The first-order valence-corrected chi connectivity index (χ1v) is 13.0. The van der Waals surface area contributed by atoms with Crippen LogP contribution >= 0.6 is 23.2 Å². The van der Waals surface area contributed by atoms with Crippen LogP contribution in [0.2, 0.25) is 10.0 Å². The third-order valence-corrected chi connectivity index (χ3v) is 5.99. The molecule has 0 saturated carbocycles. The second-order valence-corrected chi connectivity index (χ2v) is 9.95. The van der Waals surface area contributed by atoms with Gasteiger partial charge in [-0.1, -0.05) is 23.2 Å². The first-order chi connectivity index (χ1) is 16.6. The number of carbonyl (C=O) groups is 1. The second-order valence-electron chi connectivity index (χ2n) is 8.02. The van der Waals surface area contributed by atoms with Gasteiger partial charge in [0.15, 0.2) is 0 Å². The highest BCUT2D eigenvalue weighted by Gasteiger charge is 2.21. The van der Waals surface area contributed by atoms with Crippen LogP contribution in [0.15, 0.2) is 30.6 Å². The summed E-state index contributed by atoms with van der Waals surface area (Å²) in [5, 5.41) is 11.3. The number of halogens is 2. The third kappa shape index (κ3) is 6.83. The molecule has 0 fully saturated rings. The number of nitrogens with one attached hydrogen (secondary N) is 3. The van der Waals surface area contributed by atoms with Crippen molar-refractivity contribution >= 4 is 51.9 Å². The molecule has 1 amide bonds. The molecule has 1 unspecified atom stereocenters. The Hall–Kier alpha value is -2.89. The zero-order valence-corrected chi connectivity index (χ0v) is 22.3. The number of hydrogen-bond donors (Lipinski definition) is 3. The average Bonchev–Trinajstić information content (AvgIpc) is 3.25. The van der Waals surface area contributed by atoms with Crippen LogP contribution in [0.5, 0.6) is 0 Å². The Bertz CT molecular complexity index is 1240. The summed E-state index contributed by atoms with van der Waals surface area (Å²) >= 11 is 13.0. The molecule has 0 radical (unpaired) electrons. The van der Waals surface area contributed by atoms with Crippen molar-refractivity contribution in [2.24, 2.45) is 0 Å². The van der Waals surface area contributed by atoms with Gasteiger partial charge in [-0.3, -0.25) is 4.68 Å². The lowest BCUT2D eigenvalue weighted by atomic mass is 10.0. The number of alkyl carbamates (subject to hydrolysis) is 1. The zero-order valence-electron chi connectivity index (χ0n) is 19.9. The maximum Gasteiger partial charge on any atom is 0.407 e. The van der Waals surface area contributed by atoms with E-state index in [1.807, 2.05) is 31.6 Å². The van der Waals surface area contributed by atoms with Crippen LogP contribution in [0.1, 0.15) is 26.8 Å². The first kappa shape index (κ1) is 26.7. The fraction of sp³-hybridized carbons (Fsp3) is 0.364. The highest BCUT2D eigenvalue weighted by molar-refractivity contribution is 7.85. The van der Waals surface area contributed by atoms with E-state index >= 15 is 0 Å². The van der Waals surface area contributed by atoms with E-state index in [0.717, 1.165) is 5.56 Å². The fourth-order valence-electron chi connectivity index (χ4n) is 3.18. The van der Waals surface area contributed by atoms with Gasteiger partial charge in [-0.25, -0.2) is 19.0 Å². The molecule has 3 N–H and O–H groups in total. The number of anilines is 2. The van der Waals surface area contributed by atoms with Crippen molar-refractivity contribution in [2.75, 3.05) is 29.9 Å². The van der Waals surface area contributed by atoms with Gasteiger partial charge >= 0.3 is 6.09 Å². The summed E-state index contributed by atoms with van der Waals surface area (Å²) < 4.78 is 21.0. The fourth-order valence-corrected chi connectivity index (χ4v) is 4.17. The molecule has 10 nitrogen and oxygen atoms in total. The van der Waals surface area contributed by atoms with E-state index in [-0.39, 0.29) is 12.1 Å². The predicted molar refractivity (Wildman–Crippen MR) is 140 cm³/mol. The summed E-state index contributed by atoms with van der Waals surface area (Å²) in [5.74, 6) is 0.380. The van der Waals surface area contributed by atoms with Crippen LogP contribution in [0.4, 0.5) is 16.4 Å². The highest BCUT2D eigenvalue weighted by Crippen LogP contribution is 2.40. The summed E-state index contributed by atoms with van der Waals surface area (Å²) in [6, 6.07) is 4.96. The van der Waals surface area contributed by atoms with Gasteiger partial charge in [0, 0.05) is 53.4 Å². The van der Waals surface area contributed by atoms with E-state index in [2.05, 4.69) is 30.1 Å². The van der Waals surface area contributed by atoms with Crippen LogP contribution in [0.3, 0.4) is 0 Å². The molecule has 13 heteroatoms. The maximum absolute atomic E-state index is 11.8. The van der Waals surface area contributed by atoms with Crippen molar-refractivity contribution in [2.45, 2.75) is 32.9 Å². The number of rotatable bonds is 9. The van der Waals surface area contributed by atoms with Gasteiger partial charge in [-0.15, -0.1) is 0 Å². The topological polar surface area (TPSA) is 123 Å². The SMILES string of the molecule is COC(=O)N[C@@H](C)CNc1nccc(-c2cn(C(C)C)nc2-c2cc(Cl)cc(NS(C)=O)c2Cl)n1. The summed E-state index contributed by atoms with van der Waals surface area (Å²) in [6.07, 6.45) is 4.51. The van der Waals surface area contributed by atoms with Gasteiger partial charge in [0.1, 0.15) is 16.7 Å². The van der Waals surface area contributed by atoms with Gasteiger partial charge in [0.25, 0.3) is 0 Å². The van der Waals surface area contributed by atoms with Crippen molar-refractivity contribution in [1.29, 1.82) is 0 Å². The minimum absolute atomic E-state index is 0.0749. The third-order valence-electron chi connectivity index (χ3n) is 4.85. The minimum Gasteiger partial charge on any atom is -0.453 e. The number of benzene rings is 1. The number of carbonyl (C=O) groups excluding carboxylic acids is 1. The summed E-state index contributed by atoms with van der Waals surface area (Å²) in [6.45, 7) is 6.24. The number of ether oxygens (including phenoxy) is 1. The molecule has 0 saturated heterocycles. The molecule has 0 spiro atoms. The number of hydrogen-bond acceptors (Lipinski definition) is 7. The van der Waals surface area contributed by atoms with Gasteiger partial charge in [-0.05, 0) is 39.0 Å². The molecule has 0 bridgehead atoms.